The van der Waals surface area contributed by atoms with Crippen LogP contribution in [0.5, 0.6) is 0 Å². The molecule has 0 bridgehead atoms. The van der Waals surface area contributed by atoms with Crippen LogP contribution in [0.4, 0.5) is 0 Å². The van der Waals surface area contributed by atoms with Gasteiger partial charge in [-0.2, -0.15) is 0 Å². The summed E-state index contributed by atoms with van der Waals surface area (Å²) >= 11 is -3.41. The van der Waals surface area contributed by atoms with Gasteiger partial charge >= 0.3 is 309 Å². The molecule has 0 unspecified atom stereocenters. The Labute approximate surface area is 305 Å². The van der Waals surface area contributed by atoms with E-state index in [-0.39, 0.29) is 0 Å². The van der Waals surface area contributed by atoms with Gasteiger partial charge in [0.25, 0.3) is 0 Å². The molecule has 0 saturated carbocycles. The zero-order chi connectivity index (χ0) is 36.5. The molecular formula is C30H84N4Sb2Si8. The van der Waals surface area contributed by atoms with Crippen LogP contribution in [0.1, 0.15) is 13.8 Å². The Balaban J connectivity index is 0. The summed E-state index contributed by atoms with van der Waals surface area (Å²) in [7, 11) is -10.4. The van der Waals surface area contributed by atoms with E-state index in [0.29, 0.717) is 0 Å². The summed E-state index contributed by atoms with van der Waals surface area (Å²) in [5.74, 6) is 0. The van der Waals surface area contributed by atoms with Gasteiger partial charge < -0.3 is 0 Å². The van der Waals surface area contributed by atoms with Crippen molar-refractivity contribution in [1.82, 2.24) is 9.56 Å². The maximum atomic E-state index is 4.15. The topological polar surface area (TPSA) is 13.0 Å². The van der Waals surface area contributed by atoms with Crippen LogP contribution in [0, 0.1) is 0 Å². The summed E-state index contributed by atoms with van der Waals surface area (Å²) in [6.07, 6.45) is 2.24. The molecule has 0 spiro atoms. The van der Waals surface area contributed by atoms with E-state index in [0.717, 1.165) is 3.86 Å². The van der Waals surface area contributed by atoms with Gasteiger partial charge in [0.2, 0.25) is 0 Å². The van der Waals surface area contributed by atoms with Gasteiger partial charge in [-0.15, -0.1) is 0 Å². The Bertz CT molecular complexity index is 763. The third kappa shape index (κ3) is 15.9. The van der Waals surface area contributed by atoms with Gasteiger partial charge in [-0.1, -0.05) is 0 Å². The maximum absolute atomic E-state index is 4.15. The summed E-state index contributed by atoms with van der Waals surface area (Å²) in [4.78, 5) is 0. The number of hydrogen-bond acceptors (Lipinski definition) is 4. The van der Waals surface area contributed by atoms with Gasteiger partial charge in [0.15, 0.2) is 0 Å². The van der Waals surface area contributed by atoms with Crippen LogP contribution in [0.25, 0.3) is 0 Å². The minimum absolute atomic E-state index is 0.875. The summed E-state index contributed by atoms with van der Waals surface area (Å²) in [5.41, 5.74) is 0. The SMILES string of the molecule is C=C[CH2][Sb]([N]([Si](C)(C)C)[Si](C)(C)C)[N]([Si](C)(C)C)[Si](C)(C)C.C[CH](C)[Sb]([N]([Si](C)(C)C)[Si](C)(C)C)[N]([Si](C)(C)C)[Si](C)(C)C. The van der Waals surface area contributed by atoms with Crippen molar-refractivity contribution in [2.75, 3.05) is 0 Å². The summed E-state index contributed by atoms with van der Waals surface area (Å²) in [6, 6.07) is 0. The molecule has 0 N–H and O–H groups in total. The molecule has 0 aliphatic carbocycles. The number of rotatable bonds is 15. The van der Waals surface area contributed by atoms with Gasteiger partial charge in [0.05, 0.1) is 0 Å². The number of allylic oxidation sites excluding steroid dienone is 1. The van der Waals surface area contributed by atoms with Gasteiger partial charge in [0.1, 0.15) is 0 Å². The fourth-order valence-electron chi connectivity index (χ4n) is 7.56. The molecule has 0 aromatic rings. The van der Waals surface area contributed by atoms with Crippen molar-refractivity contribution in [2.45, 2.75) is 179 Å². The predicted octanol–water partition coefficient (Wildman–Crippen LogP) is 11.4. The zero-order valence-electron chi connectivity index (χ0n) is 35.3. The number of hydrogen-bond donors (Lipinski definition) is 0. The first-order chi connectivity index (χ1) is 18.7. The van der Waals surface area contributed by atoms with Crippen LogP contribution in [0.3, 0.4) is 0 Å². The van der Waals surface area contributed by atoms with Crippen LogP contribution < -0.4 is 0 Å². The van der Waals surface area contributed by atoms with Gasteiger partial charge in [-0.05, 0) is 0 Å². The molecule has 0 aliphatic heterocycles. The van der Waals surface area contributed by atoms with Crippen molar-refractivity contribution in [3.63, 3.8) is 0 Å². The molecule has 4 nitrogen and oxygen atoms in total. The van der Waals surface area contributed by atoms with Crippen molar-refractivity contribution >= 4 is 107 Å². The summed E-state index contributed by atoms with van der Waals surface area (Å²) in [5, 5.41) is 0. The monoisotopic (exact) mass is 966 g/mol. The first kappa shape index (κ1) is 49.1. The Morgan fingerprint density at radius 2 is 0.591 bits per heavy atom. The molecule has 44 heavy (non-hydrogen) atoms. The molecule has 0 aromatic carbocycles. The Kier molecular flexibility index (Phi) is 18.9. The number of nitrogens with zero attached hydrogens (tertiary/aromatic N) is 4. The first-order valence-corrected chi connectivity index (χ1v) is 52.6. The second-order valence-corrected chi connectivity index (χ2v) is 82.4. The molecule has 0 saturated heterocycles. The average Bonchev–Trinajstić information content (AvgIpc) is 2.58. The van der Waals surface area contributed by atoms with Crippen LogP contribution in [-0.4, -0.2) is 117 Å². The van der Waals surface area contributed by atoms with E-state index in [1.807, 2.05) is 0 Å². The molecule has 0 heterocycles. The van der Waals surface area contributed by atoms with Crippen LogP contribution in [0.2, 0.25) is 165 Å². The molecule has 0 rings (SSSR count). The van der Waals surface area contributed by atoms with Crippen LogP contribution >= 0.6 is 0 Å². The van der Waals surface area contributed by atoms with Gasteiger partial charge in [-0.3, -0.25) is 0 Å². The van der Waals surface area contributed by atoms with E-state index in [4.69, 9.17) is 0 Å². The molecule has 0 aliphatic rings. The third-order valence-corrected chi connectivity index (χ3v) is 95.0. The molecule has 266 valence electrons. The first-order valence-electron chi connectivity index (χ1n) is 17.1. The zero-order valence-corrected chi connectivity index (χ0v) is 48.4. The van der Waals surface area contributed by atoms with E-state index in [1.54, 1.807) is 0 Å². The minimum atomic E-state index is -1.72. The summed E-state index contributed by atoms with van der Waals surface area (Å²) < 4.78 is 15.0. The molecule has 0 atom stereocenters. The Hall–Kier alpha value is 2.95. The van der Waals surface area contributed by atoms with E-state index in [9.17, 15) is 0 Å². The predicted molar refractivity (Wildman–Crippen MR) is 236 cm³/mol. The van der Waals surface area contributed by atoms with Crippen molar-refractivity contribution < 1.29 is 0 Å². The molecule has 0 fully saturated rings. The van der Waals surface area contributed by atoms with Crippen LogP contribution in [0.15, 0.2) is 12.7 Å². The van der Waals surface area contributed by atoms with Crippen molar-refractivity contribution in [3.8, 4) is 0 Å². The van der Waals surface area contributed by atoms with Crippen molar-refractivity contribution in [1.29, 1.82) is 0 Å². The molecular weight excluding hydrogens is 885 g/mol. The third-order valence-electron chi connectivity index (χ3n) is 6.71. The molecule has 14 heteroatoms. The van der Waals surface area contributed by atoms with E-state index < -0.39 is 107 Å². The Morgan fingerprint density at radius 3 is 0.705 bits per heavy atom. The van der Waals surface area contributed by atoms with E-state index in [2.05, 4.69) is 193 Å². The quantitative estimate of drug-likeness (QED) is 0.120. The van der Waals surface area contributed by atoms with Gasteiger partial charge in [-0.25, -0.2) is 0 Å². The average molecular weight is 969 g/mol. The van der Waals surface area contributed by atoms with Crippen LogP contribution in [-0.2, 0) is 0 Å². The van der Waals surface area contributed by atoms with E-state index >= 15 is 0 Å². The van der Waals surface area contributed by atoms with Crippen molar-refractivity contribution in [3.05, 3.63) is 12.7 Å². The second-order valence-electron chi connectivity index (χ2n) is 20.9. The second kappa shape index (κ2) is 17.0. The van der Waals surface area contributed by atoms with Gasteiger partial charge in [0, 0.05) is 0 Å². The van der Waals surface area contributed by atoms with E-state index in [1.165, 1.54) is 4.37 Å². The Morgan fingerprint density at radius 1 is 0.409 bits per heavy atom. The fourth-order valence-corrected chi connectivity index (χ4v) is 113. The van der Waals surface area contributed by atoms with Crippen molar-refractivity contribution in [2.24, 2.45) is 0 Å². The standard InChI is InChI=1S/4C6H18NSi2.C3H7.C3H5.2Sb/c4*1-8(2,3)7-9(4,5)6;2*1-3-2;;/h4*1-6H3;3H,1-2H3;3H,1-2H2;;/q4*-1;;;2*+2. The summed E-state index contributed by atoms with van der Waals surface area (Å²) in [6.45, 7) is 71.2. The normalized spacial score (nSPS) is 15.3. The fraction of sp³-hybridized carbons (Fsp3) is 0.933. The molecule has 0 radical (unpaired) electrons. The molecule has 0 amide bonds. The molecule has 0 aromatic heterocycles.